The number of carbonyl (C=O) groups excluding carboxylic acids is 1. The molecule has 0 saturated carbocycles. The Morgan fingerprint density at radius 2 is 1.65 bits per heavy atom. The molecule has 0 fully saturated rings. The van der Waals surface area contributed by atoms with E-state index in [1.807, 2.05) is 13.8 Å². The molecule has 0 unspecified atom stereocenters. The second kappa shape index (κ2) is 9.75. The highest BCUT2D eigenvalue weighted by molar-refractivity contribution is 5.86. The van der Waals surface area contributed by atoms with Crippen LogP contribution < -0.4 is 0 Å². The maximum absolute atomic E-state index is 11.1. The molecule has 4 heteroatoms. The molecular formula is C13H22O4. The summed E-state index contributed by atoms with van der Waals surface area (Å²) in [5.74, 6) is 0.00907. The van der Waals surface area contributed by atoms with Crippen LogP contribution in [0.1, 0.15) is 33.6 Å². The van der Waals surface area contributed by atoms with Crippen LogP contribution in [0.25, 0.3) is 0 Å². The van der Waals surface area contributed by atoms with Crippen LogP contribution in [-0.2, 0) is 19.0 Å². The average molecular weight is 242 g/mol. The Kier molecular flexibility index (Phi) is 8.92. The summed E-state index contributed by atoms with van der Waals surface area (Å²) in [5.41, 5.74) is 0.379. The SMILES string of the molecule is C=C(C)C(=O)OCC=C(OCCC)OCCC. The number of hydrogen-bond acceptors (Lipinski definition) is 4. The van der Waals surface area contributed by atoms with Crippen LogP contribution in [0.3, 0.4) is 0 Å². The molecule has 0 aromatic rings. The fourth-order valence-corrected chi connectivity index (χ4v) is 0.873. The van der Waals surface area contributed by atoms with Gasteiger partial charge in [0.05, 0.1) is 13.2 Å². The van der Waals surface area contributed by atoms with Crippen molar-refractivity contribution in [3.63, 3.8) is 0 Å². The van der Waals surface area contributed by atoms with Crippen molar-refractivity contribution in [1.82, 2.24) is 0 Å². The standard InChI is InChI=1S/C13H22O4/c1-5-8-15-12(16-9-6-2)7-10-17-13(14)11(3)4/h7H,3,5-6,8-10H2,1-2,4H3. The Balaban J connectivity index is 4.07. The number of hydrogen-bond donors (Lipinski definition) is 0. The summed E-state index contributed by atoms with van der Waals surface area (Å²) in [7, 11) is 0. The molecule has 0 amide bonds. The lowest BCUT2D eigenvalue weighted by Gasteiger charge is -2.10. The minimum Gasteiger partial charge on any atom is -0.466 e. The predicted octanol–water partition coefficient (Wildman–Crippen LogP) is 2.80. The normalized spacial score (nSPS) is 9.35. The minimum atomic E-state index is -0.411. The zero-order valence-electron chi connectivity index (χ0n) is 11.0. The lowest BCUT2D eigenvalue weighted by Crippen LogP contribution is -2.07. The molecule has 4 nitrogen and oxygen atoms in total. The Bertz CT molecular complexity index is 259. The molecule has 0 saturated heterocycles. The summed E-state index contributed by atoms with van der Waals surface area (Å²) in [6.07, 6.45) is 3.42. The molecule has 0 heterocycles. The molecule has 0 radical (unpaired) electrons. The van der Waals surface area contributed by atoms with E-state index in [9.17, 15) is 4.79 Å². The molecule has 0 N–H and O–H groups in total. The third-order valence-corrected chi connectivity index (χ3v) is 1.71. The van der Waals surface area contributed by atoms with E-state index < -0.39 is 5.97 Å². The van der Waals surface area contributed by atoms with Crippen LogP contribution in [0.15, 0.2) is 24.2 Å². The van der Waals surface area contributed by atoms with Crippen molar-refractivity contribution in [2.45, 2.75) is 33.6 Å². The van der Waals surface area contributed by atoms with Crippen molar-refractivity contribution >= 4 is 5.97 Å². The van der Waals surface area contributed by atoms with Crippen molar-refractivity contribution in [2.75, 3.05) is 19.8 Å². The van der Waals surface area contributed by atoms with E-state index in [2.05, 4.69) is 6.58 Å². The van der Waals surface area contributed by atoms with Crippen molar-refractivity contribution < 1.29 is 19.0 Å². The van der Waals surface area contributed by atoms with Gasteiger partial charge in [0, 0.05) is 11.6 Å². The van der Waals surface area contributed by atoms with Crippen LogP contribution in [-0.4, -0.2) is 25.8 Å². The number of carbonyl (C=O) groups is 1. The highest BCUT2D eigenvalue weighted by atomic mass is 16.7. The fraction of sp³-hybridized carbons (Fsp3) is 0.615. The number of rotatable bonds is 9. The average Bonchev–Trinajstić information content (AvgIpc) is 2.31. The van der Waals surface area contributed by atoms with Crippen molar-refractivity contribution in [2.24, 2.45) is 0 Å². The molecule has 0 bridgehead atoms. The van der Waals surface area contributed by atoms with Gasteiger partial charge in [-0.1, -0.05) is 20.4 Å². The van der Waals surface area contributed by atoms with Crippen LogP contribution in [0.4, 0.5) is 0 Å². The highest BCUT2D eigenvalue weighted by Crippen LogP contribution is 2.03. The van der Waals surface area contributed by atoms with E-state index in [0.29, 0.717) is 24.7 Å². The monoisotopic (exact) mass is 242 g/mol. The fourth-order valence-electron chi connectivity index (χ4n) is 0.873. The molecule has 0 aromatic heterocycles. The van der Waals surface area contributed by atoms with E-state index >= 15 is 0 Å². The van der Waals surface area contributed by atoms with E-state index in [0.717, 1.165) is 12.8 Å². The third-order valence-electron chi connectivity index (χ3n) is 1.71. The molecular weight excluding hydrogens is 220 g/mol. The Morgan fingerprint density at radius 1 is 1.12 bits per heavy atom. The molecule has 17 heavy (non-hydrogen) atoms. The van der Waals surface area contributed by atoms with Gasteiger partial charge in [0.25, 0.3) is 5.95 Å². The van der Waals surface area contributed by atoms with Crippen LogP contribution in [0.5, 0.6) is 0 Å². The topological polar surface area (TPSA) is 44.8 Å². The summed E-state index contributed by atoms with van der Waals surface area (Å²) in [5, 5.41) is 0. The molecule has 0 spiro atoms. The minimum absolute atomic E-state index is 0.133. The van der Waals surface area contributed by atoms with Gasteiger partial charge >= 0.3 is 5.97 Å². The first-order valence-electron chi connectivity index (χ1n) is 5.90. The Labute approximate surface area is 103 Å². The van der Waals surface area contributed by atoms with Crippen molar-refractivity contribution in [1.29, 1.82) is 0 Å². The first-order valence-corrected chi connectivity index (χ1v) is 5.90. The molecule has 0 atom stereocenters. The summed E-state index contributed by atoms with van der Waals surface area (Å²) in [6.45, 7) is 10.4. The van der Waals surface area contributed by atoms with Gasteiger partial charge in [-0.3, -0.25) is 0 Å². The maximum atomic E-state index is 11.1. The van der Waals surface area contributed by atoms with E-state index in [1.165, 1.54) is 0 Å². The van der Waals surface area contributed by atoms with Gasteiger partial charge in [0.15, 0.2) is 0 Å². The van der Waals surface area contributed by atoms with E-state index in [4.69, 9.17) is 14.2 Å². The molecule has 0 aliphatic carbocycles. The lowest BCUT2D eigenvalue weighted by molar-refractivity contribution is -0.137. The first-order chi connectivity index (χ1) is 8.11. The molecule has 98 valence electrons. The number of ether oxygens (including phenoxy) is 3. The summed E-state index contributed by atoms with van der Waals surface area (Å²) < 4.78 is 15.6. The zero-order chi connectivity index (χ0) is 13.1. The third kappa shape index (κ3) is 8.37. The molecule has 0 rings (SSSR count). The predicted molar refractivity (Wildman–Crippen MR) is 66.3 cm³/mol. The lowest BCUT2D eigenvalue weighted by atomic mass is 10.4. The summed E-state index contributed by atoms with van der Waals surface area (Å²) >= 11 is 0. The highest BCUT2D eigenvalue weighted by Gasteiger charge is 2.03. The molecule has 0 aromatic carbocycles. The largest absolute Gasteiger partial charge is 0.466 e. The second-order valence-corrected chi connectivity index (χ2v) is 3.60. The van der Waals surface area contributed by atoms with Crippen LogP contribution in [0, 0.1) is 0 Å². The quantitative estimate of drug-likeness (QED) is 0.354. The second-order valence-electron chi connectivity index (χ2n) is 3.60. The van der Waals surface area contributed by atoms with Gasteiger partial charge < -0.3 is 14.2 Å². The number of esters is 1. The zero-order valence-corrected chi connectivity index (χ0v) is 11.0. The van der Waals surface area contributed by atoms with Gasteiger partial charge in [-0.25, -0.2) is 4.79 Å². The van der Waals surface area contributed by atoms with E-state index in [-0.39, 0.29) is 6.61 Å². The first kappa shape index (κ1) is 15.6. The van der Waals surface area contributed by atoms with Gasteiger partial charge in [-0.05, 0) is 19.8 Å². The van der Waals surface area contributed by atoms with Gasteiger partial charge in [-0.15, -0.1) is 0 Å². The van der Waals surface area contributed by atoms with Crippen LogP contribution >= 0.6 is 0 Å². The van der Waals surface area contributed by atoms with Crippen LogP contribution in [0.2, 0.25) is 0 Å². The van der Waals surface area contributed by atoms with Crippen molar-refractivity contribution in [3.8, 4) is 0 Å². The Hall–Kier alpha value is -1.45. The molecule has 0 aliphatic heterocycles. The molecule has 0 aliphatic rings. The van der Waals surface area contributed by atoms with Crippen molar-refractivity contribution in [3.05, 3.63) is 24.2 Å². The maximum Gasteiger partial charge on any atom is 0.333 e. The van der Waals surface area contributed by atoms with Gasteiger partial charge in [0.1, 0.15) is 6.61 Å². The Morgan fingerprint density at radius 3 is 2.06 bits per heavy atom. The summed E-state index contributed by atoms with van der Waals surface area (Å²) in [6, 6.07) is 0. The smallest absolute Gasteiger partial charge is 0.333 e. The van der Waals surface area contributed by atoms with E-state index in [1.54, 1.807) is 13.0 Å². The van der Waals surface area contributed by atoms with Gasteiger partial charge in [-0.2, -0.15) is 0 Å². The summed E-state index contributed by atoms with van der Waals surface area (Å²) in [4.78, 5) is 11.1. The van der Waals surface area contributed by atoms with Gasteiger partial charge in [0.2, 0.25) is 0 Å².